The number of hydrogen-bond acceptors (Lipinski definition) is 4. The van der Waals surface area contributed by atoms with Crippen molar-refractivity contribution in [1.29, 1.82) is 0 Å². The third kappa shape index (κ3) is 6.06. The van der Waals surface area contributed by atoms with Gasteiger partial charge in [-0.1, -0.05) is 13.3 Å². The number of carbonyl (C=O) groups is 2. The van der Waals surface area contributed by atoms with Gasteiger partial charge in [0.2, 0.25) is 5.91 Å². The van der Waals surface area contributed by atoms with Crippen LogP contribution in [0.25, 0.3) is 0 Å². The molecule has 1 aliphatic rings. The van der Waals surface area contributed by atoms with E-state index < -0.39 is 15.8 Å². The fourth-order valence-corrected chi connectivity index (χ4v) is 4.63. The second-order valence-corrected chi connectivity index (χ2v) is 9.53. The second kappa shape index (κ2) is 10.6. The Hall–Kier alpha value is -2.94. The third-order valence-corrected chi connectivity index (χ3v) is 6.89. The molecule has 0 atom stereocenters. The van der Waals surface area contributed by atoms with Gasteiger partial charge in [0.1, 0.15) is 5.82 Å². The zero-order valence-corrected chi connectivity index (χ0v) is 18.8. The van der Waals surface area contributed by atoms with Crippen molar-refractivity contribution >= 4 is 27.5 Å². The van der Waals surface area contributed by atoms with E-state index in [1.54, 1.807) is 17.0 Å². The van der Waals surface area contributed by atoms with Crippen molar-refractivity contribution in [1.82, 2.24) is 10.2 Å². The molecule has 0 aliphatic carbocycles. The van der Waals surface area contributed by atoms with E-state index in [0.717, 1.165) is 25.0 Å². The summed E-state index contributed by atoms with van der Waals surface area (Å²) in [4.78, 5) is 26.7. The molecule has 1 aliphatic heterocycles. The summed E-state index contributed by atoms with van der Waals surface area (Å²) in [6, 6.07) is 10.7. The number of likely N-dealkylation sites (tertiary alicyclic amines) is 1. The van der Waals surface area contributed by atoms with Crippen molar-refractivity contribution in [3.63, 3.8) is 0 Å². The summed E-state index contributed by atoms with van der Waals surface area (Å²) in [5.74, 6) is -0.682. The van der Waals surface area contributed by atoms with E-state index >= 15 is 0 Å². The van der Waals surface area contributed by atoms with Crippen LogP contribution < -0.4 is 10.0 Å². The maximum absolute atomic E-state index is 13.0. The molecule has 0 spiro atoms. The molecule has 7 nitrogen and oxygen atoms in total. The first kappa shape index (κ1) is 23.7. The van der Waals surface area contributed by atoms with Crippen LogP contribution in [0.15, 0.2) is 53.4 Å². The van der Waals surface area contributed by atoms with Crippen LogP contribution in [0, 0.1) is 11.7 Å². The highest BCUT2D eigenvalue weighted by atomic mass is 32.2. The van der Waals surface area contributed by atoms with Crippen LogP contribution in [-0.4, -0.2) is 44.8 Å². The molecule has 2 aromatic carbocycles. The highest BCUT2D eigenvalue weighted by Crippen LogP contribution is 2.21. The van der Waals surface area contributed by atoms with E-state index in [2.05, 4.69) is 17.0 Å². The van der Waals surface area contributed by atoms with Gasteiger partial charge in [-0.15, -0.1) is 0 Å². The number of rotatable bonds is 8. The topological polar surface area (TPSA) is 95.6 Å². The number of hydrogen-bond donors (Lipinski definition) is 2. The van der Waals surface area contributed by atoms with Crippen molar-refractivity contribution in [3.05, 3.63) is 59.9 Å². The summed E-state index contributed by atoms with van der Waals surface area (Å²) in [7, 11) is -3.86. The molecule has 0 radical (unpaired) electrons. The number of amides is 2. The number of nitrogens with zero attached hydrogens (tertiary/aromatic N) is 1. The normalized spacial score (nSPS) is 14.8. The minimum absolute atomic E-state index is 0.0549. The van der Waals surface area contributed by atoms with Gasteiger partial charge in [-0.3, -0.25) is 14.3 Å². The Morgan fingerprint density at radius 1 is 1.03 bits per heavy atom. The first-order valence-electron chi connectivity index (χ1n) is 10.8. The lowest BCUT2D eigenvalue weighted by Crippen LogP contribution is -2.43. The van der Waals surface area contributed by atoms with Crippen LogP contribution in [0.2, 0.25) is 0 Å². The van der Waals surface area contributed by atoms with Gasteiger partial charge in [0.25, 0.3) is 15.9 Å². The number of anilines is 1. The Morgan fingerprint density at radius 3 is 2.25 bits per heavy atom. The Bertz CT molecular complexity index is 1030. The van der Waals surface area contributed by atoms with Crippen molar-refractivity contribution in [3.8, 4) is 0 Å². The quantitative estimate of drug-likeness (QED) is 0.589. The predicted molar refractivity (Wildman–Crippen MR) is 120 cm³/mol. The molecule has 32 heavy (non-hydrogen) atoms. The van der Waals surface area contributed by atoms with E-state index in [1.807, 2.05) is 0 Å². The highest BCUT2D eigenvalue weighted by molar-refractivity contribution is 7.92. The van der Waals surface area contributed by atoms with Crippen molar-refractivity contribution < 1.29 is 22.4 Å². The van der Waals surface area contributed by atoms with Crippen LogP contribution in [0.3, 0.4) is 0 Å². The number of piperidine rings is 1. The van der Waals surface area contributed by atoms with E-state index in [-0.39, 0.29) is 22.6 Å². The molecule has 3 rings (SSSR count). The van der Waals surface area contributed by atoms with Crippen molar-refractivity contribution in [2.24, 2.45) is 5.92 Å². The predicted octanol–water partition coefficient (Wildman–Crippen LogP) is 3.40. The molecule has 0 unspecified atom stereocenters. The summed E-state index contributed by atoms with van der Waals surface area (Å²) in [6.45, 7) is 3.77. The van der Waals surface area contributed by atoms with Crippen molar-refractivity contribution in [2.45, 2.75) is 37.5 Å². The van der Waals surface area contributed by atoms with Gasteiger partial charge in [-0.2, -0.15) is 0 Å². The summed E-state index contributed by atoms with van der Waals surface area (Å²) in [5, 5.41) is 2.95. The van der Waals surface area contributed by atoms with Gasteiger partial charge in [0, 0.05) is 36.8 Å². The molecule has 0 saturated carbocycles. The largest absolute Gasteiger partial charge is 0.356 e. The number of sulfonamides is 1. The molecule has 0 bridgehead atoms. The van der Waals surface area contributed by atoms with E-state index in [4.69, 9.17) is 0 Å². The van der Waals surface area contributed by atoms with Crippen LogP contribution in [0.4, 0.5) is 10.1 Å². The van der Waals surface area contributed by atoms with Gasteiger partial charge in [0.05, 0.1) is 4.90 Å². The van der Waals surface area contributed by atoms with Gasteiger partial charge in [0.15, 0.2) is 0 Å². The zero-order chi connectivity index (χ0) is 23.1. The SMILES string of the molecule is CCCCNC(=O)C1CCN(C(=O)c2ccc(NS(=O)(=O)c3ccc(F)cc3)cc2)CC1. The Labute approximate surface area is 188 Å². The third-order valence-electron chi connectivity index (χ3n) is 5.49. The molecule has 2 aromatic rings. The van der Waals surface area contributed by atoms with E-state index in [1.165, 1.54) is 24.3 Å². The summed E-state index contributed by atoms with van der Waals surface area (Å²) in [5.41, 5.74) is 0.744. The number of unbranched alkanes of at least 4 members (excludes halogenated alkanes) is 1. The van der Waals surface area contributed by atoms with Crippen LogP contribution >= 0.6 is 0 Å². The molecule has 2 N–H and O–H groups in total. The summed E-state index contributed by atoms with van der Waals surface area (Å²) >= 11 is 0. The van der Waals surface area contributed by atoms with Gasteiger partial charge < -0.3 is 10.2 Å². The molecule has 1 saturated heterocycles. The van der Waals surface area contributed by atoms with Crippen LogP contribution in [0.5, 0.6) is 0 Å². The lowest BCUT2D eigenvalue weighted by Gasteiger charge is -2.31. The van der Waals surface area contributed by atoms with E-state index in [9.17, 15) is 22.4 Å². The Morgan fingerprint density at radius 2 is 1.66 bits per heavy atom. The minimum Gasteiger partial charge on any atom is -0.356 e. The van der Waals surface area contributed by atoms with Gasteiger partial charge in [-0.25, -0.2) is 12.8 Å². The van der Waals surface area contributed by atoms with Crippen LogP contribution in [0.1, 0.15) is 43.0 Å². The minimum atomic E-state index is -3.86. The van der Waals surface area contributed by atoms with Gasteiger partial charge >= 0.3 is 0 Å². The number of carbonyl (C=O) groups excluding carboxylic acids is 2. The maximum atomic E-state index is 13.0. The zero-order valence-electron chi connectivity index (χ0n) is 18.0. The molecule has 172 valence electrons. The Kier molecular flexibility index (Phi) is 7.84. The monoisotopic (exact) mass is 461 g/mol. The first-order valence-corrected chi connectivity index (χ1v) is 12.2. The lowest BCUT2D eigenvalue weighted by molar-refractivity contribution is -0.126. The average molecular weight is 462 g/mol. The summed E-state index contributed by atoms with van der Waals surface area (Å²) < 4.78 is 40.3. The molecular weight excluding hydrogens is 433 g/mol. The van der Waals surface area contributed by atoms with Crippen LogP contribution in [-0.2, 0) is 14.8 Å². The average Bonchev–Trinajstić information content (AvgIpc) is 2.79. The highest BCUT2D eigenvalue weighted by Gasteiger charge is 2.27. The fourth-order valence-electron chi connectivity index (χ4n) is 3.57. The maximum Gasteiger partial charge on any atom is 0.261 e. The second-order valence-electron chi connectivity index (χ2n) is 7.85. The molecule has 1 heterocycles. The first-order chi connectivity index (χ1) is 15.3. The number of nitrogens with one attached hydrogen (secondary N) is 2. The molecular formula is C23H28FN3O4S. The molecule has 9 heteroatoms. The smallest absolute Gasteiger partial charge is 0.261 e. The fraction of sp³-hybridized carbons (Fsp3) is 0.391. The molecule has 2 amide bonds. The van der Waals surface area contributed by atoms with E-state index in [0.29, 0.717) is 43.7 Å². The van der Waals surface area contributed by atoms with Crippen molar-refractivity contribution in [2.75, 3.05) is 24.4 Å². The number of benzene rings is 2. The molecule has 0 aromatic heterocycles. The standard InChI is InChI=1S/C23H28FN3O4S/c1-2-3-14-25-22(28)17-12-15-27(16-13-17)23(29)18-4-8-20(9-5-18)26-32(30,31)21-10-6-19(24)7-11-21/h4-11,17,26H,2-3,12-16H2,1H3,(H,25,28). The summed E-state index contributed by atoms with van der Waals surface area (Å²) in [6.07, 6.45) is 3.23. The Balaban J connectivity index is 1.55. The molecule has 1 fully saturated rings. The lowest BCUT2D eigenvalue weighted by atomic mass is 9.95. The van der Waals surface area contributed by atoms with Gasteiger partial charge in [-0.05, 0) is 67.8 Å². The number of halogens is 1.